The number of halogens is 1. The van der Waals surface area contributed by atoms with E-state index in [9.17, 15) is 9.90 Å². The van der Waals surface area contributed by atoms with Crippen LogP contribution in [0.5, 0.6) is 5.75 Å². The molecule has 1 N–H and O–H groups in total. The van der Waals surface area contributed by atoms with Crippen molar-refractivity contribution in [1.29, 1.82) is 0 Å². The zero-order valence-electron chi connectivity index (χ0n) is 21.3. The fourth-order valence-electron chi connectivity index (χ4n) is 5.75. The summed E-state index contributed by atoms with van der Waals surface area (Å²) in [6.07, 6.45) is 0. The lowest BCUT2D eigenvalue weighted by atomic mass is 9.75. The van der Waals surface area contributed by atoms with Crippen molar-refractivity contribution in [2.45, 2.75) is 11.1 Å². The van der Waals surface area contributed by atoms with Gasteiger partial charge in [-0.15, -0.1) is 0 Å². The molecule has 0 fully saturated rings. The molecule has 39 heavy (non-hydrogen) atoms. The van der Waals surface area contributed by atoms with Crippen molar-refractivity contribution in [3.63, 3.8) is 0 Å². The summed E-state index contributed by atoms with van der Waals surface area (Å²) < 4.78 is 6.15. The van der Waals surface area contributed by atoms with Gasteiger partial charge in [0.15, 0.2) is 5.60 Å². The molecule has 5 heteroatoms. The number of nitrogens with zero attached hydrogens (tertiary/aromatic N) is 1. The van der Waals surface area contributed by atoms with Crippen molar-refractivity contribution in [1.82, 2.24) is 0 Å². The fraction of sp³-hybridized carbons (Fsp3) is 0.0882. The van der Waals surface area contributed by atoms with Crippen LogP contribution in [0.15, 0.2) is 138 Å². The van der Waals surface area contributed by atoms with Gasteiger partial charge in [0.1, 0.15) is 11.3 Å². The molecular weight excluding hydrogens is 550 g/mol. The molecule has 0 saturated heterocycles. The van der Waals surface area contributed by atoms with Crippen molar-refractivity contribution >= 4 is 27.5 Å². The molecule has 6 rings (SSSR count). The van der Waals surface area contributed by atoms with Crippen LogP contribution in [0.2, 0.25) is 0 Å². The minimum atomic E-state index is -1.91. The monoisotopic (exact) mass is 575 g/mol. The highest BCUT2D eigenvalue weighted by atomic mass is 79.9. The quantitative estimate of drug-likeness (QED) is 0.221. The average molecular weight is 576 g/mol. The highest BCUT2D eigenvalue weighted by Crippen LogP contribution is 2.54. The van der Waals surface area contributed by atoms with Gasteiger partial charge >= 0.3 is 0 Å². The number of methoxy groups -OCH3 is 1. The first-order valence-electron chi connectivity index (χ1n) is 12.7. The average Bonchev–Trinajstić information content (AvgIpc) is 3.22. The van der Waals surface area contributed by atoms with E-state index in [1.54, 1.807) is 36.3 Å². The number of ether oxygens (including phenoxy) is 1. The first kappa shape index (κ1) is 25.1. The molecule has 5 aromatic rings. The largest absolute Gasteiger partial charge is 0.497 e. The number of hydrogen-bond donors (Lipinski definition) is 1. The summed E-state index contributed by atoms with van der Waals surface area (Å²) in [4.78, 5) is 16.7. The van der Waals surface area contributed by atoms with Gasteiger partial charge < -0.3 is 9.84 Å². The van der Waals surface area contributed by atoms with Gasteiger partial charge in [-0.3, -0.25) is 9.69 Å². The van der Waals surface area contributed by atoms with Crippen LogP contribution in [0, 0.1) is 0 Å². The molecule has 192 valence electrons. The molecular formula is C34H26BrNO3. The van der Waals surface area contributed by atoms with Gasteiger partial charge in [0.05, 0.1) is 12.8 Å². The lowest BCUT2D eigenvalue weighted by Gasteiger charge is -2.44. The Morgan fingerprint density at radius 3 is 1.67 bits per heavy atom. The van der Waals surface area contributed by atoms with E-state index in [0.29, 0.717) is 22.6 Å². The van der Waals surface area contributed by atoms with Gasteiger partial charge in [0, 0.05) is 10.0 Å². The third-order valence-electron chi connectivity index (χ3n) is 7.52. The van der Waals surface area contributed by atoms with Crippen molar-refractivity contribution in [2.75, 3.05) is 12.0 Å². The number of anilines is 1. The molecule has 4 nitrogen and oxygen atoms in total. The van der Waals surface area contributed by atoms with Crippen LogP contribution >= 0.6 is 15.9 Å². The third kappa shape index (κ3) is 3.81. The molecule has 0 spiro atoms. The molecule has 0 aromatic heterocycles. The summed E-state index contributed by atoms with van der Waals surface area (Å²) in [5.41, 5.74) is 1.35. The summed E-state index contributed by atoms with van der Waals surface area (Å²) in [5, 5.41) is 12.5. The molecule has 0 bridgehead atoms. The fourth-order valence-corrected chi connectivity index (χ4v) is 6.10. The van der Waals surface area contributed by atoms with Crippen molar-refractivity contribution < 1.29 is 14.6 Å². The standard InChI is InChI=1S/C34H26BrNO3/c1-39-29-20-17-27(18-21-29)34(38)30-22-19-28(35)23-31(30)36(32(34)37)33(24-11-5-2-6-12-24,25-13-7-3-8-14-25)26-15-9-4-10-16-26/h2-23,38H,1H3/t34-/m1/s1. The Kier molecular flexibility index (Phi) is 6.34. The van der Waals surface area contributed by atoms with Crippen molar-refractivity contribution in [3.05, 3.63) is 166 Å². The summed E-state index contributed by atoms with van der Waals surface area (Å²) >= 11 is 3.62. The van der Waals surface area contributed by atoms with E-state index in [2.05, 4.69) is 15.9 Å². The van der Waals surface area contributed by atoms with Crippen LogP contribution in [0.3, 0.4) is 0 Å². The number of carbonyl (C=O) groups excluding carboxylic acids is 1. The zero-order chi connectivity index (χ0) is 27.0. The van der Waals surface area contributed by atoms with Crippen LogP contribution < -0.4 is 9.64 Å². The smallest absolute Gasteiger partial charge is 0.269 e. The van der Waals surface area contributed by atoms with Gasteiger partial charge in [-0.05, 0) is 46.5 Å². The summed E-state index contributed by atoms with van der Waals surface area (Å²) in [6, 6.07) is 42.6. The molecule has 0 unspecified atom stereocenters. The Labute approximate surface area is 236 Å². The molecule has 1 heterocycles. The Hall–Kier alpha value is -4.19. The van der Waals surface area contributed by atoms with Crippen molar-refractivity contribution in [2.24, 2.45) is 0 Å². The van der Waals surface area contributed by atoms with Crippen molar-refractivity contribution in [3.8, 4) is 5.75 Å². The van der Waals surface area contributed by atoms with Crippen LogP contribution in [0.25, 0.3) is 0 Å². The van der Waals surface area contributed by atoms with E-state index >= 15 is 0 Å². The predicted molar refractivity (Wildman–Crippen MR) is 157 cm³/mol. The molecule has 5 aromatic carbocycles. The number of amides is 1. The van der Waals surface area contributed by atoms with Gasteiger partial charge in [-0.1, -0.05) is 125 Å². The van der Waals surface area contributed by atoms with Crippen LogP contribution in [-0.2, 0) is 15.9 Å². The Bertz CT molecular complexity index is 1530. The van der Waals surface area contributed by atoms with Crippen LogP contribution in [0.1, 0.15) is 27.8 Å². The third-order valence-corrected chi connectivity index (χ3v) is 8.01. The van der Waals surface area contributed by atoms with Gasteiger partial charge in [0.2, 0.25) is 0 Å². The molecule has 0 saturated carbocycles. The number of rotatable bonds is 6. The lowest BCUT2D eigenvalue weighted by Crippen LogP contribution is -2.53. The summed E-state index contributed by atoms with van der Waals surface area (Å²) in [5.74, 6) is 0.213. The van der Waals surface area contributed by atoms with E-state index in [1.165, 1.54) is 0 Å². The lowest BCUT2D eigenvalue weighted by molar-refractivity contribution is -0.133. The van der Waals surface area contributed by atoms with Gasteiger partial charge in [0.25, 0.3) is 5.91 Å². The number of hydrogen-bond acceptors (Lipinski definition) is 3. The molecule has 1 amide bonds. The highest BCUT2D eigenvalue weighted by molar-refractivity contribution is 9.10. The minimum absolute atomic E-state index is 0.433. The Balaban J connectivity index is 1.72. The number of carbonyl (C=O) groups is 1. The maximum Gasteiger partial charge on any atom is 0.269 e. The molecule has 1 aliphatic rings. The van der Waals surface area contributed by atoms with Crippen LogP contribution in [-0.4, -0.2) is 18.1 Å². The second-order valence-corrected chi connectivity index (χ2v) is 10.5. The zero-order valence-corrected chi connectivity index (χ0v) is 22.9. The second-order valence-electron chi connectivity index (χ2n) is 9.55. The van der Waals surface area contributed by atoms with E-state index in [-0.39, 0.29) is 0 Å². The second kappa shape index (κ2) is 9.84. The Morgan fingerprint density at radius 1 is 0.718 bits per heavy atom. The first-order valence-corrected chi connectivity index (χ1v) is 13.5. The molecule has 0 aliphatic carbocycles. The SMILES string of the molecule is COc1ccc([C@]2(O)C(=O)N(C(c3ccccc3)(c3ccccc3)c3ccccc3)c3cc(Br)ccc32)cc1. The van der Waals surface area contributed by atoms with E-state index in [4.69, 9.17) is 4.74 Å². The normalized spacial score (nSPS) is 16.7. The van der Waals surface area contributed by atoms with Crippen LogP contribution in [0.4, 0.5) is 5.69 Å². The van der Waals surface area contributed by atoms with E-state index in [1.807, 2.05) is 109 Å². The molecule has 1 aliphatic heterocycles. The van der Waals surface area contributed by atoms with Gasteiger partial charge in [-0.2, -0.15) is 0 Å². The Morgan fingerprint density at radius 2 is 1.21 bits per heavy atom. The summed E-state index contributed by atoms with van der Waals surface area (Å²) in [7, 11) is 1.59. The number of fused-ring (bicyclic) bond motifs is 1. The molecule has 0 radical (unpaired) electrons. The van der Waals surface area contributed by atoms with E-state index in [0.717, 1.165) is 21.2 Å². The summed E-state index contributed by atoms with van der Waals surface area (Å²) in [6.45, 7) is 0. The number of benzene rings is 5. The maximum absolute atomic E-state index is 14.9. The predicted octanol–water partition coefficient (Wildman–Crippen LogP) is 7.03. The molecule has 1 atom stereocenters. The number of aliphatic hydroxyl groups is 1. The maximum atomic E-state index is 14.9. The minimum Gasteiger partial charge on any atom is -0.497 e. The van der Waals surface area contributed by atoms with Gasteiger partial charge in [-0.25, -0.2) is 0 Å². The topological polar surface area (TPSA) is 49.8 Å². The first-order chi connectivity index (χ1) is 19.0. The van der Waals surface area contributed by atoms with E-state index < -0.39 is 17.0 Å². The highest BCUT2D eigenvalue weighted by Gasteiger charge is 2.58.